The standard InChI is InChI=1S/C21H19N5OS/c1-14-18(15(2)26(25-14)13-16-9-5-3-6-10-16)19(27)22-21-24-23-20(28-21)17-11-7-4-8-12-17/h3-12H,13H2,1-2H3,(H,22,24,27). The summed E-state index contributed by atoms with van der Waals surface area (Å²) in [5, 5.41) is 16.9. The van der Waals surface area contributed by atoms with Gasteiger partial charge in [0.05, 0.1) is 17.8 Å². The quantitative estimate of drug-likeness (QED) is 0.552. The molecule has 0 saturated heterocycles. The predicted molar refractivity (Wildman–Crippen MR) is 111 cm³/mol. The van der Waals surface area contributed by atoms with Gasteiger partial charge in [-0.1, -0.05) is 72.0 Å². The van der Waals surface area contributed by atoms with Gasteiger partial charge in [0.25, 0.3) is 5.91 Å². The van der Waals surface area contributed by atoms with Gasteiger partial charge in [0.1, 0.15) is 5.01 Å². The van der Waals surface area contributed by atoms with Gasteiger partial charge in [0.2, 0.25) is 5.13 Å². The zero-order valence-corrected chi connectivity index (χ0v) is 16.4. The van der Waals surface area contributed by atoms with Crippen molar-refractivity contribution in [3.63, 3.8) is 0 Å². The van der Waals surface area contributed by atoms with Gasteiger partial charge in [-0.15, -0.1) is 10.2 Å². The smallest absolute Gasteiger partial charge is 0.261 e. The topological polar surface area (TPSA) is 72.7 Å². The van der Waals surface area contributed by atoms with E-state index in [1.807, 2.05) is 79.2 Å². The SMILES string of the molecule is Cc1nn(Cc2ccccc2)c(C)c1C(=O)Nc1nnc(-c2ccccc2)s1. The van der Waals surface area contributed by atoms with Gasteiger partial charge < -0.3 is 0 Å². The molecule has 0 radical (unpaired) electrons. The lowest BCUT2D eigenvalue weighted by atomic mass is 10.2. The van der Waals surface area contributed by atoms with E-state index in [-0.39, 0.29) is 5.91 Å². The van der Waals surface area contributed by atoms with Crippen LogP contribution in [-0.4, -0.2) is 25.9 Å². The van der Waals surface area contributed by atoms with E-state index in [0.29, 0.717) is 22.9 Å². The average molecular weight is 389 g/mol. The molecule has 28 heavy (non-hydrogen) atoms. The molecule has 0 aliphatic carbocycles. The lowest BCUT2D eigenvalue weighted by molar-refractivity contribution is 0.102. The van der Waals surface area contributed by atoms with Crippen LogP contribution in [0, 0.1) is 13.8 Å². The van der Waals surface area contributed by atoms with Gasteiger partial charge in [-0.3, -0.25) is 14.8 Å². The van der Waals surface area contributed by atoms with Crippen LogP contribution < -0.4 is 5.32 Å². The van der Waals surface area contributed by atoms with Crippen LogP contribution in [0.5, 0.6) is 0 Å². The first-order chi connectivity index (χ1) is 13.6. The highest BCUT2D eigenvalue weighted by Crippen LogP contribution is 2.26. The number of anilines is 1. The van der Waals surface area contributed by atoms with E-state index >= 15 is 0 Å². The summed E-state index contributed by atoms with van der Waals surface area (Å²) < 4.78 is 1.86. The van der Waals surface area contributed by atoms with Gasteiger partial charge >= 0.3 is 0 Å². The minimum Gasteiger partial charge on any atom is -0.296 e. The monoisotopic (exact) mass is 389 g/mol. The van der Waals surface area contributed by atoms with Crippen molar-refractivity contribution in [2.24, 2.45) is 0 Å². The molecule has 0 unspecified atom stereocenters. The molecule has 140 valence electrons. The van der Waals surface area contributed by atoms with Gasteiger partial charge in [-0.05, 0) is 19.4 Å². The van der Waals surface area contributed by atoms with E-state index in [0.717, 1.165) is 21.8 Å². The summed E-state index contributed by atoms with van der Waals surface area (Å²) in [5.41, 5.74) is 4.21. The van der Waals surface area contributed by atoms with E-state index in [4.69, 9.17) is 0 Å². The number of benzene rings is 2. The molecule has 6 nitrogen and oxygen atoms in total. The van der Waals surface area contributed by atoms with Crippen molar-refractivity contribution in [1.29, 1.82) is 0 Å². The highest BCUT2D eigenvalue weighted by molar-refractivity contribution is 7.18. The molecule has 0 saturated carbocycles. The number of aryl methyl sites for hydroxylation is 1. The normalized spacial score (nSPS) is 10.8. The van der Waals surface area contributed by atoms with Crippen LogP contribution in [-0.2, 0) is 6.54 Å². The Morgan fingerprint density at radius 1 is 1.00 bits per heavy atom. The van der Waals surface area contributed by atoms with Gasteiger partial charge in [0.15, 0.2) is 0 Å². The van der Waals surface area contributed by atoms with Crippen LogP contribution in [0.3, 0.4) is 0 Å². The molecule has 7 heteroatoms. The third-order valence-corrected chi connectivity index (χ3v) is 5.34. The van der Waals surface area contributed by atoms with E-state index < -0.39 is 0 Å². The predicted octanol–water partition coefficient (Wildman–Crippen LogP) is 4.32. The lowest BCUT2D eigenvalue weighted by Gasteiger charge is -2.05. The molecular weight excluding hydrogens is 370 g/mol. The summed E-state index contributed by atoms with van der Waals surface area (Å²) in [5.74, 6) is -0.218. The number of rotatable bonds is 5. The first-order valence-electron chi connectivity index (χ1n) is 8.90. The molecule has 1 N–H and O–H groups in total. The third-order valence-electron chi connectivity index (χ3n) is 4.45. The number of carbonyl (C=O) groups excluding carboxylic acids is 1. The van der Waals surface area contributed by atoms with Gasteiger partial charge in [-0.2, -0.15) is 5.10 Å². The summed E-state index contributed by atoms with van der Waals surface area (Å²) in [6.45, 7) is 4.38. The van der Waals surface area contributed by atoms with Crippen LogP contribution in [0.1, 0.15) is 27.3 Å². The highest BCUT2D eigenvalue weighted by atomic mass is 32.1. The Labute approximate surface area is 166 Å². The maximum atomic E-state index is 12.8. The Bertz CT molecular complexity index is 1100. The van der Waals surface area contributed by atoms with Crippen LogP contribution in [0.4, 0.5) is 5.13 Å². The molecule has 0 aliphatic heterocycles. The summed E-state index contributed by atoms with van der Waals surface area (Å²) in [6, 6.07) is 19.8. The molecule has 4 aromatic rings. The van der Waals surface area contributed by atoms with Crippen molar-refractivity contribution >= 4 is 22.4 Å². The molecule has 0 atom stereocenters. The van der Waals surface area contributed by atoms with Crippen molar-refractivity contribution in [3.05, 3.63) is 83.2 Å². The van der Waals surface area contributed by atoms with Crippen molar-refractivity contribution < 1.29 is 4.79 Å². The van der Waals surface area contributed by atoms with Crippen LogP contribution in [0.15, 0.2) is 60.7 Å². The fraction of sp³-hybridized carbons (Fsp3) is 0.143. The van der Waals surface area contributed by atoms with Gasteiger partial charge in [0, 0.05) is 11.3 Å². The van der Waals surface area contributed by atoms with Crippen molar-refractivity contribution in [2.75, 3.05) is 5.32 Å². The van der Waals surface area contributed by atoms with Crippen LogP contribution in [0.2, 0.25) is 0 Å². The molecule has 0 bridgehead atoms. The van der Waals surface area contributed by atoms with E-state index in [2.05, 4.69) is 20.6 Å². The fourth-order valence-electron chi connectivity index (χ4n) is 3.07. The van der Waals surface area contributed by atoms with Crippen LogP contribution in [0.25, 0.3) is 10.6 Å². The van der Waals surface area contributed by atoms with Crippen molar-refractivity contribution in [1.82, 2.24) is 20.0 Å². The van der Waals surface area contributed by atoms with Crippen molar-refractivity contribution in [2.45, 2.75) is 20.4 Å². The highest BCUT2D eigenvalue weighted by Gasteiger charge is 2.20. The minimum absolute atomic E-state index is 0.218. The number of hydrogen-bond acceptors (Lipinski definition) is 5. The Morgan fingerprint density at radius 3 is 2.39 bits per heavy atom. The number of hydrogen-bond donors (Lipinski definition) is 1. The number of aromatic nitrogens is 4. The fourth-order valence-corrected chi connectivity index (χ4v) is 3.81. The largest absolute Gasteiger partial charge is 0.296 e. The lowest BCUT2D eigenvalue weighted by Crippen LogP contribution is -2.14. The first kappa shape index (κ1) is 18.1. The van der Waals surface area contributed by atoms with E-state index in [1.165, 1.54) is 11.3 Å². The molecule has 2 heterocycles. The van der Waals surface area contributed by atoms with Crippen LogP contribution >= 0.6 is 11.3 Å². The number of nitrogens with one attached hydrogen (secondary N) is 1. The molecule has 0 spiro atoms. The molecule has 2 aromatic carbocycles. The Kier molecular flexibility index (Phi) is 4.99. The van der Waals surface area contributed by atoms with E-state index in [1.54, 1.807) is 0 Å². The maximum absolute atomic E-state index is 12.8. The zero-order chi connectivity index (χ0) is 19.5. The molecule has 0 aliphatic rings. The average Bonchev–Trinajstić information content (AvgIpc) is 3.28. The summed E-state index contributed by atoms with van der Waals surface area (Å²) >= 11 is 1.35. The summed E-state index contributed by atoms with van der Waals surface area (Å²) in [4.78, 5) is 12.8. The maximum Gasteiger partial charge on any atom is 0.261 e. The second-order valence-corrected chi connectivity index (χ2v) is 7.40. The molecule has 1 amide bonds. The second-order valence-electron chi connectivity index (χ2n) is 6.42. The van der Waals surface area contributed by atoms with Gasteiger partial charge in [-0.25, -0.2) is 0 Å². The number of carbonyl (C=O) groups is 1. The molecule has 4 rings (SSSR count). The number of nitrogens with zero attached hydrogens (tertiary/aromatic N) is 4. The second kappa shape index (κ2) is 7.74. The molecular formula is C21H19N5OS. The van der Waals surface area contributed by atoms with E-state index in [9.17, 15) is 4.79 Å². The zero-order valence-electron chi connectivity index (χ0n) is 15.6. The summed E-state index contributed by atoms with van der Waals surface area (Å²) in [6.07, 6.45) is 0. The Morgan fingerprint density at radius 2 is 1.68 bits per heavy atom. The Hall–Kier alpha value is -3.32. The Balaban J connectivity index is 1.53. The summed E-state index contributed by atoms with van der Waals surface area (Å²) in [7, 11) is 0. The van der Waals surface area contributed by atoms with Crippen molar-refractivity contribution in [3.8, 4) is 10.6 Å². The molecule has 0 fully saturated rings. The third kappa shape index (κ3) is 3.70. The minimum atomic E-state index is -0.218. The first-order valence-corrected chi connectivity index (χ1v) is 9.71. The molecule has 2 aromatic heterocycles. The number of amides is 1.